The lowest BCUT2D eigenvalue weighted by molar-refractivity contribution is -0.179. The molecule has 1 aliphatic heterocycles. The smallest absolute Gasteiger partial charge is 0.413 e. The van der Waals surface area contributed by atoms with Crippen LogP contribution in [-0.2, 0) is 35.2 Å². The Morgan fingerprint density at radius 2 is 1.71 bits per heavy atom. The summed E-state index contributed by atoms with van der Waals surface area (Å²) in [6.45, 7) is 13.2. The van der Waals surface area contributed by atoms with Crippen molar-refractivity contribution < 1.29 is 33.5 Å². The molecule has 1 aliphatic rings. The van der Waals surface area contributed by atoms with Gasteiger partial charge in [-0.05, 0) is 61.5 Å². The summed E-state index contributed by atoms with van der Waals surface area (Å²) in [6, 6.07) is 3.08. The predicted octanol–water partition coefficient (Wildman–Crippen LogP) is 2.18. The molecule has 3 rings (SSSR count). The molecule has 0 aromatic carbocycles. The van der Waals surface area contributed by atoms with Gasteiger partial charge in [0.05, 0.1) is 6.04 Å². The number of esters is 1. The van der Waals surface area contributed by atoms with Crippen molar-refractivity contribution in [2.75, 3.05) is 5.32 Å². The molecule has 2 aromatic heterocycles. The number of β-lactam (4-membered cyclic amide) rings is 1. The fourth-order valence-corrected chi connectivity index (χ4v) is 4.11. The van der Waals surface area contributed by atoms with Gasteiger partial charge >= 0.3 is 12.1 Å². The van der Waals surface area contributed by atoms with E-state index in [2.05, 4.69) is 26.1 Å². The highest BCUT2D eigenvalue weighted by Gasteiger charge is 2.42. The Bertz CT molecular complexity index is 1430. The van der Waals surface area contributed by atoms with E-state index < -0.39 is 52.8 Å². The minimum Gasteiger partial charge on any atom is -0.457 e. The van der Waals surface area contributed by atoms with E-state index in [1.165, 1.54) is 29.9 Å². The number of carbonyl (C=O) groups is 4. The Balaban J connectivity index is 1.85. The van der Waals surface area contributed by atoms with Crippen LogP contribution in [0.3, 0.4) is 0 Å². The summed E-state index contributed by atoms with van der Waals surface area (Å²) in [5, 5.41) is 13.2. The number of aromatic nitrogens is 2. The second-order valence-electron chi connectivity index (χ2n) is 12.0. The lowest BCUT2D eigenvalue weighted by atomic mass is 9.98. The molecular formula is C27H36N6O8S. The predicted molar refractivity (Wildman–Crippen MR) is 154 cm³/mol. The number of hydrogen-bond acceptors (Lipinski definition) is 11. The van der Waals surface area contributed by atoms with Crippen molar-refractivity contribution in [1.29, 1.82) is 0 Å². The Labute approximate surface area is 246 Å². The van der Waals surface area contributed by atoms with E-state index >= 15 is 0 Å². The summed E-state index contributed by atoms with van der Waals surface area (Å²) in [5.41, 5.74) is -3.78. The molecule has 1 fully saturated rings. The molecule has 2 aromatic rings. The third kappa shape index (κ3) is 8.86. The van der Waals surface area contributed by atoms with Crippen molar-refractivity contribution in [3.63, 3.8) is 0 Å². The number of amides is 3. The van der Waals surface area contributed by atoms with Crippen LogP contribution in [0.2, 0.25) is 0 Å². The molecule has 0 saturated carbocycles. The van der Waals surface area contributed by atoms with Crippen molar-refractivity contribution in [2.45, 2.75) is 90.8 Å². The number of pyridine rings is 1. The molecule has 14 nitrogen and oxygen atoms in total. The Morgan fingerprint density at radius 3 is 2.31 bits per heavy atom. The Morgan fingerprint density at radius 1 is 1.05 bits per heavy atom. The highest BCUT2D eigenvalue weighted by molar-refractivity contribution is 7.14. The third-order valence-electron chi connectivity index (χ3n) is 5.42. The number of anilines is 1. The zero-order valence-corrected chi connectivity index (χ0v) is 25.6. The van der Waals surface area contributed by atoms with Crippen molar-refractivity contribution in [1.82, 2.24) is 20.2 Å². The molecule has 0 bridgehead atoms. The highest BCUT2D eigenvalue weighted by Crippen LogP contribution is 2.21. The van der Waals surface area contributed by atoms with E-state index in [0.29, 0.717) is 0 Å². The van der Waals surface area contributed by atoms with E-state index in [1.54, 1.807) is 59.9 Å². The molecule has 0 aliphatic carbocycles. The van der Waals surface area contributed by atoms with E-state index in [9.17, 15) is 24.0 Å². The number of thiazole rings is 1. The van der Waals surface area contributed by atoms with Crippen molar-refractivity contribution >= 4 is 46.1 Å². The maximum Gasteiger partial charge on any atom is 0.413 e. The molecule has 2 unspecified atom stereocenters. The number of oxime groups is 1. The second-order valence-corrected chi connectivity index (χ2v) is 12.8. The zero-order chi connectivity index (χ0) is 31.5. The van der Waals surface area contributed by atoms with E-state index in [0.717, 1.165) is 11.3 Å². The van der Waals surface area contributed by atoms with Crippen LogP contribution in [0.4, 0.5) is 9.93 Å². The van der Waals surface area contributed by atoms with Crippen LogP contribution in [0.5, 0.6) is 0 Å². The lowest BCUT2D eigenvalue weighted by Crippen LogP contribution is -2.71. The average molecular weight is 605 g/mol. The van der Waals surface area contributed by atoms with E-state index in [4.69, 9.17) is 14.3 Å². The van der Waals surface area contributed by atoms with Gasteiger partial charge in [0, 0.05) is 24.2 Å². The minimum absolute atomic E-state index is 0.000826. The minimum atomic E-state index is -1.60. The molecular weight excluding hydrogens is 568 g/mol. The van der Waals surface area contributed by atoms with E-state index in [-0.39, 0.29) is 28.6 Å². The summed E-state index contributed by atoms with van der Waals surface area (Å²) < 4.78 is 12.0. The van der Waals surface area contributed by atoms with Crippen LogP contribution in [0, 0.1) is 0 Å². The highest BCUT2D eigenvalue weighted by atomic mass is 32.1. The first-order chi connectivity index (χ1) is 19.3. The number of carbonyl (C=O) groups excluding carboxylic acids is 4. The monoisotopic (exact) mass is 604 g/mol. The van der Waals surface area contributed by atoms with Gasteiger partial charge in [0.1, 0.15) is 22.9 Å². The van der Waals surface area contributed by atoms with Crippen molar-refractivity contribution in [3.8, 4) is 0 Å². The van der Waals surface area contributed by atoms with Gasteiger partial charge in [-0.15, -0.1) is 11.3 Å². The first-order valence-electron chi connectivity index (χ1n) is 13.1. The normalized spacial score (nSPS) is 17.4. The van der Waals surface area contributed by atoms with E-state index in [1.807, 2.05) is 0 Å². The molecule has 15 heteroatoms. The summed E-state index contributed by atoms with van der Waals surface area (Å²) in [5.74, 6) is -2.03. The largest absolute Gasteiger partial charge is 0.457 e. The maximum absolute atomic E-state index is 13.5. The first-order valence-corrected chi connectivity index (χ1v) is 13.9. The number of rotatable bonds is 9. The first kappa shape index (κ1) is 32.2. The van der Waals surface area contributed by atoms with Gasteiger partial charge in [-0.1, -0.05) is 11.2 Å². The van der Waals surface area contributed by atoms with Crippen LogP contribution < -0.4 is 21.5 Å². The van der Waals surface area contributed by atoms with Gasteiger partial charge in [-0.25, -0.2) is 14.6 Å². The molecule has 3 N–H and O–H groups in total. The molecule has 0 radical (unpaired) electrons. The van der Waals surface area contributed by atoms with Gasteiger partial charge < -0.3 is 29.5 Å². The number of hydrogen-bond donors (Lipinski definition) is 3. The molecule has 3 amide bonds. The number of nitrogens with one attached hydrogen (secondary N) is 3. The fraction of sp³-hybridized carbons (Fsp3) is 0.519. The third-order valence-corrected chi connectivity index (χ3v) is 6.17. The van der Waals surface area contributed by atoms with Gasteiger partial charge in [0.25, 0.3) is 11.5 Å². The molecule has 3 heterocycles. The van der Waals surface area contributed by atoms with Crippen molar-refractivity contribution in [3.05, 3.63) is 45.8 Å². The Kier molecular flexibility index (Phi) is 9.45. The van der Waals surface area contributed by atoms with Crippen molar-refractivity contribution in [2.24, 2.45) is 5.16 Å². The molecule has 42 heavy (non-hydrogen) atoms. The number of nitrogens with zero attached hydrogens (tertiary/aromatic N) is 3. The van der Waals surface area contributed by atoms with Crippen LogP contribution in [0.25, 0.3) is 0 Å². The summed E-state index contributed by atoms with van der Waals surface area (Å²) in [4.78, 5) is 72.6. The van der Waals surface area contributed by atoms with Gasteiger partial charge in [-0.2, -0.15) is 0 Å². The SMILES string of the molecule is CC(C)(C)OC(=O)Nc1nc(/C(=N/OC(C)(C)C(=O)OC(C)(C)C)C(=O)NC2C(=O)NC2Cn2ccccc2=O)cs1. The molecule has 2 atom stereocenters. The fourth-order valence-electron chi connectivity index (χ4n) is 3.43. The lowest BCUT2D eigenvalue weighted by Gasteiger charge is -2.37. The quantitative estimate of drug-likeness (QED) is 0.167. The maximum atomic E-state index is 13.5. The zero-order valence-electron chi connectivity index (χ0n) is 24.8. The average Bonchev–Trinajstić information content (AvgIpc) is 3.29. The van der Waals surface area contributed by atoms with Crippen LogP contribution in [0.1, 0.15) is 61.1 Å². The Hall–Kier alpha value is -4.27. The topological polar surface area (TPSA) is 179 Å². The van der Waals surface area contributed by atoms with Gasteiger partial charge in [0.15, 0.2) is 10.8 Å². The summed E-state index contributed by atoms with van der Waals surface area (Å²) >= 11 is 0.992. The summed E-state index contributed by atoms with van der Waals surface area (Å²) in [6.07, 6.45) is 0.818. The standard InChI is InChI=1S/C27H36N6O8S/c1-25(2,3)39-22(37)27(7,8)41-32-19(16-14-42-23(29-16)31-24(38)40-26(4,5)6)21(36)30-18-15(28-20(18)35)13-33-12-10-9-11-17(33)34/h9-12,14-15,18H,13H2,1-8H3,(H,28,35)(H,30,36)(H,29,31,38)/b32-19-. The van der Waals surface area contributed by atoms with Crippen LogP contribution >= 0.6 is 11.3 Å². The molecule has 1 saturated heterocycles. The number of ether oxygens (including phenoxy) is 2. The molecule has 0 spiro atoms. The van der Waals surface area contributed by atoms with Gasteiger partial charge in [0.2, 0.25) is 11.5 Å². The second kappa shape index (κ2) is 12.3. The van der Waals surface area contributed by atoms with Crippen LogP contribution in [0.15, 0.2) is 39.7 Å². The van der Waals surface area contributed by atoms with Gasteiger partial charge in [-0.3, -0.25) is 19.7 Å². The summed E-state index contributed by atoms with van der Waals surface area (Å²) in [7, 11) is 0. The van der Waals surface area contributed by atoms with Crippen LogP contribution in [-0.4, -0.2) is 68.0 Å². The molecule has 228 valence electrons.